The van der Waals surface area contributed by atoms with Gasteiger partial charge in [0.25, 0.3) is 5.91 Å². The van der Waals surface area contributed by atoms with Crippen molar-refractivity contribution in [2.75, 3.05) is 19.4 Å². The van der Waals surface area contributed by atoms with Crippen LogP contribution in [0, 0.1) is 0 Å². The Morgan fingerprint density at radius 2 is 1.68 bits per heavy atom. The Labute approximate surface area is 170 Å². The summed E-state index contributed by atoms with van der Waals surface area (Å²) in [6, 6.07) is 13.0. The van der Waals surface area contributed by atoms with Crippen LogP contribution in [0.1, 0.15) is 24.2 Å². The molecule has 0 heterocycles. The van der Waals surface area contributed by atoms with Gasteiger partial charge in [-0.15, -0.1) is 0 Å². The zero-order valence-electron chi connectivity index (χ0n) is 16.1. The molecule has 9 heteroatoms. The number of carbonyl (C=O) groups is 1. The van der Waals surface area contributed by atoms with Crippen LogP contribution in [0.3, 0.4) is 0 Å². The van der Waals surface area contributed by atoms with Crippen LogP contribution < -0.4 is 15.4 Å². The molecule has 0 fully saturated rings. The van der Waals surface area contributed by atoms with Gasteiger partial charge in [-0.25, -0.2) is 12.7 Å². The third kappa shape index (κ3) is 5.51. The second-order valence-corrected chi connectivity index (χ2v) is 8.94. The third-order valence-electron chi connectivity index (χ3n) is 3.61. The first-order valence-electron chi connectivity index (χ1n) is 8.52. The summed E-state index contributed by atoms with van der Waals surface area (Å²) in [6.07, 6.45) is -0.0732. The molecule has 0 radical (unpaired) electrons. The molecule has 0 bridgehead atoms. The summed E-state index contributed by atoms with van der Waals surface area (Å²) < 4.78 is 31.0. The van der Waals surface area contributed by atoms with E-state index in [0.717, 1.165) is 4.31 Å². The minimum absolute atomic E-state index is 0.0732. The fourth-order valence-electron chi connectivity index (χ4n) is 2.26. The SMILES string of the molecule is CC(C)Oc1ccccc1C(=O)NC(=S)Nc1ccc(S(=O)(=O)N(C)C)cc1. The van der Waals surface area contributed by atoms with Gasteiger partial charge in [-0.1, -0.05) is 12.1 Å². The monoisotopic (exact) mass is 421 g/mol. The number of hydrogen-bond donors (Lipinski definition) is 2. The van der Waals surface area contributed by atoms with Crippen molar-refractivity contribution in [3.8, 4) is 5.75 Å². The predicted molar refractivity (Wildman–Crippen MR) is 113 cm³/mol. The Morgan fingerprint density at radius 3 is 2.25 bits per heavy atom. The Balaban J connectivity index is 2.06. The molecule has 28 heavy (non-hydrogen) atoms. The van der Waals surface area contributed by atoms with E-state index in [2.05, 4.69) is 10.6 Å². The van der Waals surface area contributed by atoms with Crippen molar-refractivity contribution in [2.24, 2.45) is 0 Å². The van der Waals surface area contributed by atoms with E-state index < -0.39 is 15.9 Å². The molecule has 0 aliphatic heterocycles. The predicted octanol–water partition coefficient (Wildman–Crippen LogP) is 2.85. The first kappa shape index (κ1) is 21.8. The largest absolute Gasteiger partial charge is 0.490 e. The molecule has 0 aliphatic carbocycles. The van der Waals surface area contributed by atoms with Gasteiger partial charge in [0.05, 0.1) is 16.6 Å². The molecule has 150 valence electrons. The van der Waals surface area contributed by atoms with Crippen LogP contribution in [0.25, 0.3) is 0 Å². The van der Waals surface area contributed by atoms with Gasteiger partial charge in [0.2, 0.25) is 10.0 Å². The first-order chi connectivity index (χ1) is 13.1. The molecule has 0 aromatic heterocycles. The lowest BCUT2D eigenvalue weighted by atomic mass is 10.2. The van der Waals surface area contributed by atoms with Crippen LogP contribution in [0.5, 0.6) is 5.75 Å². The average molecular weight is 422 g/mol. The minimum Gasteiger partial charge on any atom is -0.490 e. The number of carbonyl (C=O) groups excluding carboxylic acids is 1. The van der Waals surface area contributed by atoms with Crippen LogP contribution in [0.15, 0.2) is 53.4 Å². The van der Waals surface area contributed by atoms with Crippen LogP contribution in [0.2, 0.25) is 0 Å². The molecule has 7 nitrogen and oxygen atoms in total. The van der Waals surface area contributed by atoms with E-state index in [1.165, 1.54) is 26.2 Å². The van der Waals surface area contributed by atoms with E-state index >= 15 is 0 Å². The molecular formula is C19H23N3O4S2. The fraction of sp³-hybridized carbons (Fsp3) is 0.263. The van der Waals surface area contributed by atoms with Gasteiger partial charge in [0, 0.05) is 19.8 Å². The lowest BCUT2D eigenvalue weighted by Crippen LogP contribution is -2.34. The van der Waals surface area contributed by atoms with Gasteiger partial charge in [0.15, 0.2) is 5.11 Å². The van der Waals surface area contributed by atoms with Crippen molar-refractivity contribution in [3.05, 3.63) is 54.1 Å². The molecule has 0 aliphatic rings. The summed E-state index contributed by atoms with van der Waals surface area (Å²) in [4.78, 5) is 12.7. The third-order valence-corrected chi connectivity index (χ3v) is 5.65. The summed E-state index contributed by atoms with van der Waals surface area (Å²) in [5.41, 5.74) is 0.919. The number of anilines is 1. The highest BCUT2D eigenvalue weighted by atomic mass is 32.2. The Hall–Kier alpha value is -2.49. The molecular weight excluding hydrogens is 398 g/mol. The number of rotatable bonds is 6. The molecule has 0 unspecified atom stereocenters. The van der Waals surface area contributed by atoms with Crippen LogP contribution in [-0.4, -0.2) is 43.9 Å². The molecule has 0 saturated heterocycles. The standard InChI is InChI=1S/C19H23N3O4S2/c1-13(2)26-17-8-6-5-7-16(17)18(23)21-19(27)20-14-9-11-15(12-10-14)28(24,25)22(3)4/h5-13H,1-4H3,(H2,20,21,23,27). The zero-order valence-corrected chi connectivity index (χ0v) is 17.7. The number of nitrogens with zero attached hydrogens (tertiary/aromatic N) is 1. The van der Waals surface area contributed by atoms with Crippen molar-refractivity contribution in [1.29, 1.82) is 0 Å². The number of thiocarbonyl (C=S) groups is 1. The van der Waals surface area contributed by atoms with Crippen molar-refractivity contribution >= 4 is 38.9 Å². The molecule has 2 aromatic rings. The maximum atomic E-state index is 12.5. The molecule has 2 N–H and O–H groups in total. The quantitative estimate of drug-likeness (QED) is 0.698. The fourth-order valence-corrected chi connectivity index (χ4v) is 3.38. The van der Waals surface area contributed by atoms with E-state index in [-0.39, 0.29) is 16.1 Å². The average Bonchev–Trinajstić information content (AvgIpc) is 2.61. The minimum atomic E-state index is -3.50. The van der Waals surface area contributed by atoms with E-state index in [1.54, 1.807) is 36.4 Å². The topological polar surface area (TPSA) is 87.7 Å². The molecule has 1 amide bonds. The number of ether oxygens (including phenoxy) is 1. The molecule has 2 rings (SSSR count). The summed E-state index contributed by atoms with van der Waals surface area (Å²) in [5, 5.41) is 5.55. The second kappa shape index (κ2) is 9.13. The van der Waals surface area contributed by atoms with E-state index in [9.17, 15) is 13.2 Å². The Bertz CT molecular complexity index is 955. The number of sulfonamides is 1. The molecule has 0 atom stereocenters. The van der Waals surface area contributed by atoms with Gasteiger partial charge >= 0.3 is 0 Å². The number of nitrogens with one attached hydrogen (secondary N) is 2. The zero-order chi connectivity index (χ0) is 20.9. The number of benzene rings is 2. The number of para-hydroxylation sites is 1. The van der Waals surface area contributed by atoms with Crippen molar-refractivity contribution in [1.82, 2.24) is 9.62 Å². The van der Waals surface area contributed by atoms with Crippen LogP contribution >= 0.6 is 12.2 Å². The van der Waals surface area contributed by atoms with E-state index in [0.29, 0.717) is 17.0 Å². The van der Waals surface area contributed by atoms with Gasteiger partial charge < -0.3 is 10.1 Å². The summed E-state index contributed by atoms with van der Waals surface area (Å²) >= 11 is 5.18. The smallest absolute Gasteiger partial charge is 0.261 e. The molecule has 2 aromatic carbocycles. The number of amides is 1. The molecule has 0 saturated carbocycles. The Morgan fingerprint density at radius 1 is 1.07 bits per heavy atom. The second-order valence-electron chi connectivity index (χ2n) is 6.38. The van der Waals surface area contributed by atoms with Crippen molar-refractivity contribution < 1.29 is 17.9 Å². The summed E-state index contributed by atoms with van der Waals surface area (Å²) in [6.45, 7) is 3.75. The maximum absolute atomic E-state index is 12.5. The van der Waals surface area contributed by atoms with Gasteiger partial charge in [0.1, 0.15) is 5.75 Å². The van der Waals surface area contributed by atoms with Gasteiger partial charge in [-0.05, 0) is 62.5 Å². The van der Waals surface area contributed by atoms with Crippen LogP contribution in [0.4, 0.5) is 5.69 Å². The highest BCUT2D eigenvalue weighted by molar-refractivity contribution is 7.89. The van der Waals surface area contributed by atoms with Crippen molar-refractivity contribution in [3.63, 3.8) is 0 Å². The van der Waals surface area contributed by atoms with E-state index in [4.69, 9.17) is 17.0 Å². The van der Waals surface area contributed by atoms with E-state index in [1.807, 2.05) is 13.8 Å². The Kier molecular flexibility index (Phi) is 7.11. The number of hydrogen-bond acceptors (Lipinski definition) is 5. The first-order valence-corrected chi connectivity index (χ1v) is 10.4. The highest BCUT2D eigenvalue weighted by Gasteiger charge is 2.17. The van der Waals surface area contributed by atoms with Gasteiger partial charge in [-0.2, -0.15) is 0 Å². The lowest BCUT2D eigenvalue weighted by Gasteiger charge is -2.15. The summed E-state index contributed by atoms with van der Waals surface area (Å²) in [7, 11) is -0.572. The van der Waals surface area contributed by atoms with Crippen molar-refractivity contribution in [2.45, 2.75) is 24.8 Å². The normalized spacial score (nSPS) is 11.4. The lowest BCUT2D eigenvalue weighted by molar-refractivity contribution is 0.0972. The van der Waals surface area contributed by atoms with Gasteiger partial charge in [-0.3, -0.25) is 10.1 Å². The highest BCUT2D eigenvalue weighted by Crippen LogP contribution is 2.20. The van der Waals surface area contributed by atoms with Crippen LogP contribution in [-0.2, 0) is 10.0 Å². The molecule has 0 spiro atoms. The maximum Gasteiger partial charge on any atom is 0.261 e. The summed E-state index contributed by atoms with van der Waals surface area (Å²) in [5.74, 6) is 0.0663.